The second-order valence-electron chi connectivity index (χ2n) is 4.39. The van der Waals surface area contributed by atoms with Gasteiger partial charge >= 0.3 is 0 Å². The van der Waals surface area contributed by atoms with Gasteiger partial charge in [0.1, 0.15) is 5.82 Å². The molecule has 4 heteroatoms. The van der Waals surface area contributed by atoms with Crippen molar-refractivity contribution in [2.45, 2.75) is 25.9 Å². The maximum atomic E-state index is 8.86. The molecule has 2 atom stereocenters. The van der Waals surface area contributed by atoms with Crippen molar-refractivity contribution in [1.29, 1.82) is 5.26 Å². The van der Waals surface area contributed by atoms with E-state index >= 15 is 0 Å². The average Bonchev–Trinajstić information content (AvgIpc) is 2.28. The minimum atomic E-state index is 0.455. The summed E-state index contributed by atoms with van der Waals surface area (Å²) >= 11 is 0. The van der Waals surface area contributed by atoms with E-state index in [2.05, 4.69) is 35.1 Å². The molecule has 2 heterocycles. The van der Waals surface area contributed by atoms with Gasteiger partial charge in [0.2, 0.25) is 0 Å². The summed E-state index contributed by atoms with van der Waals surface area (Å²) in [6.07, 6.45) is 1.70. The first-order valence-electron chi connectivity index (χ1n) is 5.56. The van der Waals surface area contributed by atoms with E-state index in [1.165, 1.54) is 0 Å². The van der Waals surface area contributed by atoms with Crippen molar-refractivity contribution in [3.63, 3.8) is 0 Å². The first-order chi connectivity index (χ1) is 7.69. The molecule has 0 spiro atoms. The molecule has 1 aromatic rings. The number of hydrogen-bond acceptors (Lipinski definition) is 4. The fourth-order valence-corrected chi connectivity index (χ4v) is 2.17. The van der Waals surface area contributed by atoms with Crippen molar-refractivity contribution in [3.8, 4) is 6.07 Å². The Balaban J connectivity index is 2.20. The molecule has 2 unspecified atom stereocenters. The molecule has 1 saturated heterocycles. The van der Waals surface area contributed by atoms with Gasteiger partial charge in [-0.25, -0.2) is 4.98 Å². The Morgan fingerprint density at radius 1 is 1.44 bits per heavy atom. The van der Waals surface area contributed by atoms with Crippen molar-refractivity contribution in [2.24, 2.45) is 0 Å². The zero-order valence-electron chi connectivity index (χ0n) is 9.64. The van der Waals surface area contributed by atoms with Gasteiger partial charge in [0.15, 0.2) is 0 Å². The zero-order valence-corrected chi connectivity index (χ0v) is 9.64. The summed E-state index contributed by atoms with van der Waals surface area (Å²) in [7, 11) is 0. The second kappa shape index (κ2) is 4.50. The highest BCUT2D eigenvalue weighted by atomic mass is 15.2. The molecule has 0 radical (unpaired) electrons. The Morgan fingerprint density at radius 3 is 2.75 bits per heavy atom. The molecule has 1 aliphatic heterocycles. The number of rotatable bonds is 1. The van der Waals surface area contributed by atoms with Crippen LogP contribution in [0.15, 0.2) is 18.3 Å². The lowest BCUT2D eigenvalue weighted by molar-refractivity contribution is 0.405. The first kappa shape index (κ1) is 10.9. The summed E-state index contributed by atoms with van der Waals surface area (Å²) < 4.78 is 0. The number of hydrogen-bond donors (Lipinski definition) is 1. The lowest BCUT2D eigenvalue weighted by atomic mass is 10.1. The highest BCUT2D eigenvalue weighted by Crippen LogP contribution is 2.15. The van der Waals surface area contributed by atoms with Crippen LogP contribution in [0.4, 0.5) is 5.82 Å². The van der Waals surface area contributed by atoms with Crippen LogP contribution in [0.2, 0.25) is 0 Å². The van der Waals surface area contributed by atoms with Gasteiger partial charge < -0.3 is 10.2 Å². The molecule has 0 saturated carbocycles. The predicted octanol–water partition coefficient (Wildman–Crippen LogP) is 1.14. The molecule has 0 aliphatic carbocycles. The van der Waals surface area contributed by atoms with Crippen LogP contribution in [-0.4, -0.2) is 30.2 Å². The number of aromatic nitrogens is 1. The number of nitrogens with zero attached hydrogens (tertiary/aromatic N) is 3. The summed E-state index contributed by atoms with van der Waals surface area (Å²) in [5, 5.41) is 12.3. The lowest BCUT2D eigenvalue weighted by Gasteiger charge is -2.36. The van der Waals surface area contributed by atoms with Crippen molar-refractivity contribution in [2.75, 3.05) is 18.0 Å². The van der Waals surface area contributed by atoms with E-state index < -0.39 is 0 Å². The Hall–Kier alpha value is -1.60. The molecule has 1 aromatic heterocycles. The third-order valence-corrected chi connectivity index (χ3v) is 2.76. The van der Waals surface area contributed by atoms with Crippen LogP contribution in [-0.2, 0) is 0 Å². The van der Waals surface area contributed by atoms with Gasteiger partial charge in [-0.05, 0) is 26.0 Å². The molecule has 1 fully saturated rings. The second-order valence-corrected chi connectivity index (χ2v) is 4.39. The summed E-state index contributed by atoms with van der Waals surface area (Å²) in [4.78, 5) is 6.56. The number of nitrogens with one attached hydrogen (secondary N) is 1. The molecular weight excluding hydrogens is 200 g/mol. The summed E-state index contributed by atoms with van der Waals surface area (Å²) in [5.41, 5.74) is 0.670. The molecular formula is C12H16N4. The van der Waals surface area contributed by atoms with Crippen LogP contribution in [0.5, 0.6) is 0 Å². The van der Waals surface area contributed by atoms with Crippen molar-refractivity contribution < 1.29 is 0 Å². The van der Waals surface area contributed by atoms with Crippen molar-refractivity contribution in [3.05, 3.63) is 23.9 Å². The Morgan fingerprint density at radius 2 is 2.12 bits per heavy atom. The van der Waals surface area contributed by atoms with E-state index in [9.17, 15) is 0 Å². The number of piperazine rings is 1. The maximum absolute atomic E-state index is 8.86. The van der Waals surface area contributed by atoms with Gasteiger partial charge in [-0.1, -0.05) is 0 Å². The van der Waals surface area contributed by atoms with Crippen LogP contribution in [0.1, 0.15) is 19.4 Å². The van der Waals surface area contributed by atoms with Gasteiger partial charge in [0, 0.05) is 31.4 Å². The lowest BCUT2D eigenvalue weighted by Crippen LogP contribution is -2.54. The number of pyridine rings is 1. The minimum absolute atomic E-state index is 0.455. The largest absolute Gasteiger partial charge is 0.353 e. The molecule has 0 amide bonds. The van der Waals surface area contributed by atoms with Crippen LogP contribution in [0.25, 0.3) is 0 Å². The first-order valence-corrected chi connectivity index (χ1v) is 5.56. The van der Waals surface area contributed by atoms with Crippen LogP contribution < -0.4 is 10.2 Å². The smallest absolute Gasteiger partial charge is 0.129 e. The average molecular weight is 216 g/mol. The van der Waals surface area contributed by atoms with Crippen molar-refractivity contribution >= 4 is 5.82 Å². The fourth-order valence-electron chi connectivity index (χ4n) is 2.17. The van der Waals surface area contributed by atoms with Gasteiger partial charge in [-0.2, -0.15) is 5.26 Å². The van der Waals surface area contributed by atoms with Crippen LogP contribution in [0.3, 0.4) is 0 Å². The summed E-state index contributed by atoms with van der Waals surface area (Å²) in [6, 6.07) is 6.64. The monoisotopic (exact) mass is 216 g/mol. The Kier molecular flexibility index (Phi) is 3.07. The molecule has 0 aromatic carbocycles. The van der Waals surface area contributed by atoms with Gasteiger partial charge in [0.25, 0.3) is 0 Å². The summed E-state index contributed by atoms with van der Waals surface area (Å²) in [5.74, 6) is 0.902. The van der Waals surface area contributed by atoms with Crippen LogP contribution in [0, 0.1) is 11.3 Å². The topological polar surface area (TPSA) is 52.0 Å². The van der Waals surface area contributed by atoms with E-state index in [4.69, 9.17) is 5.26 Å². The SMILES string of the molecule is CC1CN(c2cc(C#N)ccn2)CC(C)N1. The number of nitriles is 1. The van der Waals surface area contributed by atoms with E-state index in [1.54, 1.807) is 12.3 Å². The van der Waals surface area contributed by atoms with E-state index in [-0.39, 0.29) is 0 Å². The molecule has 1 N–H and O–H groups in total. The van der Waals surface area contributed by atoms with E-state index in [1.807, 2.05) is 6.07 Å². The molecule has 84 valence electrons. The number of anilines is 1. The fraction of sp³-hybridized carbons (Fsp3) is 0.500. The van der Waals surface area contributed by atoms with Gasteiger partial charge in [-0.3, -0.25) is 0 Å². The van der Waals surface area contributed by atoms with E-state index in [0.29, 0.717) is 17.6 Å². The maximum Gasteiger partial charge on any atom is 0.129 e. The third kappa shape index (κ3) is 2.31. The minimum Gasteiger partial charge on any atom is -0.353 e. The van der Waals surface area contributed by atoms with Crippen molar-refractivity contribution in [1.82, 2.24) is 10.3 Å². The Bertz CT molecular complexity index is 400. The molecule has 4 nitrogen and oxygen atoms in total. The molecule has 0 bridgehead atoms. The van der Waals surface area contributed by atoms with Crippen LogP contribution >= 0.6 is 0 Å². The quantitative estimate of drug-likeness (QED) is 0.765. The summed E-state index contributed by atoms with van der Waals surface area (Å²) in [6.45, 7) is 6.20. The zero-order chi connectivity index (χ0) is 11.5. The molecule has 16 heavy (non-hydrogen) atoms. The predicted molar refractivity (Wildman–Crippen MR) is 63.2 cm³/mol. The molecule has 2 rings (SSSR count). The normalized spacial score (nSPS) is 25.2. The van der Waals surface area contributed by atoms with Gasteiger partial charge in [-0.15, -0.1) is 0 Å². The molecule has 1 aliphatic rings. The highest BCUT2D eigenvalue weighted by Gasteiger charge is 2.21. The standard InChI is InChI=1S/C12H16N4/c1-9-7-16(8-10(2)15-9)12-5-11(6-13)3-4-14-12/h3-5,9-10,15H,7-8H2,1-2H3. The van der Waals surface area contributed by atoms with E-state index in [0.717, 1.165) is 18.9 Å². The van der Waals surface area contributed by atoms with Gasteiger partial charge in [0.05, 0.1) is 11.6 Å². The third-order valence-electron chi connectivity index (χ3n) is 2.76. The Labute approximate surface area is 95.9 Å². The highest BCUT2D eigenvalue weighted by molar-refractivity contribution is 5.45.